The SMILES string of the molecule is C[C@@H]1CCCN(Cc2ccccc2C(=O)O)C1. The minimum atomic E-state index is -0.828. The number of carboxylic acids is 1. The predicted molar refractivity (Wildman–Crippen MR) is 67.1 cm³/mol. The number of aromatic carboxylic acids is 1. The number of likely N-dealkylation sites (tertiary alicyclic amines) is 1. The summed E-state index contributed by atoms with van der Waals surface area (Å²) in [4.78, 5) is 13.5. The molecule has 0 radical (unpaired) electrons. The van der Waals surface area contributed by atoms with Gasteiger partial charge in [-0.25, -0.2) is 4.79 Å². The molecule has 17 heavy (non-hydrogen) atoms. The lowest BCUT2D eigenvalue weighted by Gasteiger charge is -2.31. The highest BCUT2D eigenvalue weighted by Gasteiger charge is 2.18. The number of piperidine rings is 1. The Kier molecular flexibility index (Phi) is 3.79. The van der Waals surface area contributed by atoms with Crippen molar-refractivity contribution in [3.05, 3.63) is 35.4 Å². The maximum absolute atomic E-state index is 11.1. The van der Waals surface area contributed by atoms with Crippen LogP contribution in [0.3, 0.4) is 0 Å². The zero-order chi connectivity index (χ0) is 12.3. The maximum atomic E-state index is 11.1. The van der Waals surface area contributed by atoms with Crippen LogP contribution in [0.4, 0.5) is 0 Å². The highest BCUT2D eigenvalue weighted by molar-refractivity contribution is 5.89. The summed E-state index contributed by atoms with van der Waals surface area (Å²) in [6, 6.07) is 7.30. The van der Waals surface area contributed by atoms with E-state index in [1.165, 1.54) is 12.8 Å². The summed E-state index contributed by atoms with van der Waals surface area (Å²) >= 11 is 0. The van der Waals surface area contributed by atoms with Gasteiger partial charge in [0, 0.05) is 13.1 Å². The van der Waals surface area contributed by atoms with E-state index in [9.17, 15) is 4.79 Å². The van der Waals surface area contributed by atoms with Gasteiger partial charge in [0.2, 0.25) is 0 Å². The Bertz CT molecular complexity index is 403. The molecular formula is C14H19NO2. The number of benzene rings is 1. The lowest BCUT2D eigenvalue weighted by Crippen LogP contribution is -2.34. The van der Waals surface area contributed by atoms with Crippen molar-refractivity contribution in [2.24, 2.45) is 5.92 Å². The molecule has 0 saturated carbocycles. The van der Waals surface area contributed by atoms with Crippen molar-refractivity contribution in [3.63, 3.8) is 0 Å². The van der Waals surface area contributed by atoms with Crippen LogP contribution in [-0.2, 0) is 6.54 Å². The highest BCUT2D eigenvalue weighted by atomic mass is 16.4. The zero-order valence-corrected chi connectivity index (χ0v) is 10.2. The number of carboxylic acid groups (broad SMARTS) is 1. The average Bonchev–Trinajstić information content (AvgIpc) is 2.29. The summed E-state index contributed by atoms with van der Waals surface area (Å²) < 4.78 is 0. The van der Waals surface area contributed by atoms with Crippen molar-refractivity contribution < 1.29 is 9.90 Å². The molecule has 1 heterocycles. The molecule has 1 fully saturated rings. The summed E-state index contributed by atoms with van der Waals surface area (Å²) in [6.07, 6.45) is 2.51. The fourth-order valence-electron chi connectivity index (χ4n) is 2.54. The van der Waals surface area contributed by atoms with Crippen LogP contribution < -0.4 is 0 Å². The van der Waals surface area contributed by atoms with E-state index >= 15 is 0 Å². The highest BCUT2D eigenvalue weighted by Crippen LogP contribution is 2.19. The summed E-state index contributed by atoms with van der Waals surface area (Å²) in [5.74, 6) is -0.105. The van der Waals surface area contributed by atoms with Gasteiger partial charge in [0.25, 0.3) is 0 Å². The Morgan fingerprint density at radius 3 is 2.94 bits per heavy atom. The molecule has 3 nitrogen and oxygen atoms in total. The first-order valence-electron chi connectivity index (χ1n) is 6.20. The van der Waals surface area contributed by atoms with Crippen molar-refractivity contribution in [1.29, 1.82) is 0 Å². The first kappa shape index (κ1) is 12.1. The van der Waals surface area contributed by atoms with E-state index in [0.29, 0.717) is 5.56 Å². The average molecular weight is 233 g/mol. The van der Waals surface area contributed by atoms with E-state index in [-0.39, 0.29) is 0 Å². The topological polar surface area (TPSA) is 40.5 Å². The summed E-state index contributed by atoms with van der Waals surface area (Å²) in [6.45, 7) is 5.17. The number of nitrogens with zero attached hydrogens (tertiary/aromatic N) is 1. The summed E-state index contributed by atoms with van der Waals surface area (Å²) in [5.41, 5.74) is 1.36. The molecule has 1 aromatic rings. The Hall–Kier alpha value is -1.35. The second kappa shape index (κ2) is 5.32. The van der Waals surface area contributed by atoms with Crippen molar-refractivity contribution in [3.8, 4) is 0 Å². The van der Waals surface area contributed by atoms with E-state index in [1.807, 2.05) is 12.1 Å². The number of hydrogen-bond acceptors (Lipinski definition) is 2. The van der Waals surface area contributed by atoms with Crippen molar-refractivity contribution in [1.82, 2.24) is 4.90 Å². The molecule has 0 bridgehead atoms. The van der Waals surface area contributed by atoms with Crippen LogP contribution in [0.5, 0.6) is 0 Å². The third-order valence-corrected chi connectivity index (χ3v) is 3.38. The predicted octanol–water partition coefficient (Wildman–Crippen LogP) is 2.62. The Morgan fingerprint density at radius 1 is 1.47 bits per heavy atom. The van der Waals surface area contributed by atoms with Gasteiger partial charge in [-0.3, -0.25) is 4.90 Å². The molecule has 2 rings (SSSR count). The number of hydrogen-bond donors (Lipinski definition) is 1. The van der Waals surface area contributed by atoms with Crippen LogP contribution in [0.25, 0.3) is 0 Å². The van der Waals surface area contributed by atoms with Crippen LogP contribution in [0.1, 0.15) is 35.7 Å². The first-order valence-corrected chi connectivity index (χ1v) is 6.20. The van der Waals surface area contributed by atoms with Gasteiger partial charge < -0.3 is 5.11 Å². The molecule has 1 atom stereocenters. The van der Waals surface area contributed by atoms with E-state index in [4.69, 9.17) is 5.11 Å². The summed E-state index contributed by atoms with van der Waals surface area (Å²) in [7, 11) is 0. The molecule has 1 saturated heterocycles. The quantitative estimate of drug-likeness (QED) is 0.872. The third-order valence-electron chi connectivity index (χ3n) is 3.38. The number of carbonyl (C=O) groups is 1. The summed E-state index contributed by atoms with van der Waals surface area (Å²) in [5, 5.41) is 9.13. The molecule has 0 amide bonds. The van der Waals surface area contributed by atoms with E-state index in [0.717, 1.165) is 31.1 Å². The minimum Gasteiger partial charge on any atom is -0.478 e. The van der Waals surface area contributed by atoms with Gasteiger partial charge >= 0.3 is 5.97 Å². The molecular weight excluding hydrogens is 214 g/mol. The molecule has 0 spiro atoms. The van der Waals surface area contributed by atoms with Crippen molar-refractivity contribution >= 4 is 5.97 Å². The van der Waals surface area contributed by atoms with Crippen LogP contribution in [0.2, 0.25) is 0 Å². The lowest BCUT2D eigenvalue weighted by molar-refractivity contribution is 0.0693. The van der Waals surface area contributed by atoms with E-state index in [2.05, 4.69) is 11.8 Å². The molecule has 0 aliphatic carbocycles. The van der Waals surface area contributed by atoms with Crippen LogP contribution >= 0.6 is 0 Å². The van der Waals surface area contributed by atoms with Crippen LogP contribution in [0, 0.1) is 5.92 Å². The van der Waals surface area contributed by atoms with Gasteiger partial charge in [-0.1, -0.05) is 25.1 Å². The van der Waals surface area contributed by atoms with Gasteiger partial charge in [-0.05, 0) is 36.9 Å². The van der Waals surface area contributed by atoms with E-state index in [1.54, 1.807) is 12.1 Å². The standard InChI is InChI=1S/C14H19NO2/c1-11-5-4-8-15(9-11)10-12-6-2-3-7-13(12)14(16)17/h2-3,6-7,11H,4-5,8-10H2,1H3,(H,16,17)/t11-/m1/s1. The fraction of sp³-hybridized carbons (Fsp3) is 0.500. The van der Waals surface area contributed by atoms with Crippen molar-refractivity contribution in [2.75, 3.05) is 13.1 Å². The van der Waals surface area contributed by atoms with Gasteiger partial charge in [-0.2, -0.15) is 0 Å². The molecule has 1 aliphatic heterocycles. The van der Waals surface area contributed by atoms with Gasteiger partial charge in [-0.15, -0.1) is 0 Å². The van der Waals surface area contributed by atoms with Crippen LogP contribution in [-0.4, -0.2) is 29.1 Å². The molecule has 0 aromatic heterocycles. The van der Waals surface area contributed by atoms with Gasteiger partial charge in [0.05, 0.1) is 5.56 Å². The Labute approximate surface area is 102 Å². The monoisotopic (exact) mass is 233 g/mol. The minimum absolute atomic E-state index is 0.436. The van der Waals surface area contributed by atoms with Gasteiger partial charge in [0.15, 0.2) is 0 Å². The van der Waals surface area contributed by atoms with Crippen molar-refractivity contribution in [2.45, 2.75) is 26.3 Å². The molecule has 92 valence electrons. The van der Waals surface area contributed by atoms with E-state index < -0.39 is 5.97 Å². The molecule has 3 heteroatoms. The fourth-order valence-corrected chi connectivity index (χ4v) is 2.54. The molecule has 1 N–H and O–H groups in total. The second-order valence-electron chi connectivity index (χ2n) is 4.94. The first-order chi connectivity index (χ1) is 8.16. The lowest BCUT2D eigenvalue weighted by atomic mass is 9.99. The largest absolute Gasteiger partial charge is 0.478 e. The third kappa shape index (κ3) is 3.07. The normalized spacial score (nSPS) is 21.4. The molecule has 1 aliphatic rings. The Morgan fingerprint density at radius 2 is 2.24 bits per heavy atom. The Balaban J connectivity index is 2.10. The zero-order valence-electron chi connectivity index (χ0n) is 10.2. The molecule has 0 unspecified atom stereocenters. The maximum Gasteiger partial charge on any atom is 0.336 e. The smallest absolute Gasteiger partial charge is 0.336 e. The molecule has 1 aromatic carbocycles. The second-order valence-corrected chi connectivity index (χ2v) is 4.94. The van der Waals surface area contributed by atoms with Gasteiger partial charge in [0.1, 0.15) is 0 Å². The van der Waals surface area contributed by atoms with Crippen LogP contribution in [0.15, 0.2) is 24.3 Å². The number of rotatable bonds is 3.